The van der Waals surface area contributed by atoms with Crippen LogP contribution in [-0.4, -0.2) is 46.5 Å². The molecule has 0 radical (unpaired) electrons. The molecule has 0 saturated heterocycles. The first kappa shape index (κ1) is 22.1. The quantitative estimate of drug-likeness (QED) is 0.215. The van der Waals surface area contributed by atoms with Gasteiger partial charge in [-0.25, -0.2) is 9.97 Å². The molecule has 0 bridgehead atoms. The number of nitrogens with one attached hydrogen (secondary N) is 3. The van der Waals surface area contributed by atoms with E-state index in [9.17, 15) is 5.11 Å². The largest absolute Gasteiger partial charge is 0.374 e. The molecule has 1 fully saturated rings. The van der Waals surface area contributed by atoms with Gasteiger partial charge in [0.15, 0.2) is 11.5 Å². The highest BCUT2D eigenvalue weighted by molar-refractivity contribution is 7.08. The van der Waals surface area contributed by atoms with Gasteiger partial charge in [0, 0.05) is 41.2 Å². The zero-order valence-corrected chi connectivity index (χ0v) is 20.7. The fraction of sp³-hybridized carbons (Fsp3) is 0.222. The van der Waals surface area contributed by atoms with Gasteiger partial charge in [-0.15, -0.1) is 0 Å². The number of fused-ring (bicyclic) bond motifs is 2. The van der Waals surface area contributed by atoms with Crippen LogP contribution in [0.1, 0.15) is 25.7 Å². The van der Waals surface area contributed by atoms with Gasteiger partial charge in [-0.1, -0.05) is 12.8 Å². The lowest BCUT2D eigenvalue weighted by Gasteiger charge is -2.20. The summed E-state index contributed by atoms with van der Waals surface area (Å²) in [5, 5.41) is 26.4. The predicted molar refractivity (Wildman–Crippen MR) is 145 cm³/mol. The molecule has 0 aliphatic heterocycles. The van der Waals surface area contributed by atoms with E-state index in [1.54, 1.807) is 36.1 Å². The Labute approximate surface area is 216 Å². The van der Waals surface area contributed by atoms with Crippen LogP contribution in [0.3, 0.4) is 0 Å². The van der Waals surface area contributed by atoms with Crippen LogP contribution in [-0.2, 0) is 0 Å². The summed E-state index contributed by atoms with van der Waals surface area (Å²) in [6, 6.07) is 6.10. The lowest BCUT2D eigenvalue weighted by atomic mass is 10.1. The number of aliphatic hydroxyl groups is 1. The van der Waals surface area contributed by atoms with Crippen molar-refractivity contribution in [1.82, 2.24) is 35.1 Å². The fourth-order valence-electron chi connectivity index (χ4n) is 5.15. The number of imidazole rings is 1. The molecule has 1 unspecified atom stereocenters. The highest BCUT2D eigenvalue weighted by Gasteiger charge is 2.23. The maximum atomic E-state index is 10.6. The summed E-state index contributed by atoms with van der Waals surface area (Å²) in [4.78, 5) is 21.7. The first-order valence-electron chi connectivity index (χ1n) is 12.3. The minimum Gasteiger partial charge on any atom is -0.374 e. The zero-order valence-electron chi connectivity index (χ0n) is 19.8. The van der Waals surface area contributed by atoms with Crippen LogP contribution in [0, 0.1) is 5.92 Å². The second kappa shape index (κ2) is 9.06. The Balaban J connectivity index is 1.24. The topological polar surface area (TPSA) is 128 Å². The van der Waals surface area contributed by atoms with Crippen LogP contribution in [0.4, 0.5) is 5.69 Å². The Bertz CT molecular complexity index is 1700. The third-order valence-corrected chi connectivity index (χ3v) is 7.78. The van der Waals surface area contributed by atoms with E-state index in [0.717, 1.165) is 57.2 Å². The van der Waals surface area contributed by atoms with Crippen LogP contribution >= 0.6 is 11.3 Å². The molecule has 9 nitrogen and oxygen atoms in total. The Hall–Kier alpha value is -4.15. The van der Waals surface area contributed by atoms with E-state index >= 15 is 0 Å². The predicted octanol–water partition coefficient (Wildman–Crippen LogP) is 5.61. The molecule has 1 saturated carbocycles. The van der Waals surface area contributed by atoms with E-state index in [1.807, 2.05) is 23.7 Å². The number of hydrogen-bond acceptors (Lipinski definition) is 8. The second-order valence-electron chi connectivity index (χ2n) is 9.47. The first-order valence-corrected chi connectivity index (χ1v) is 13.3. The van der Waals surface area contributed by atoms with Crippen molar-refractivity contribution in [2.75, 3.05) is 5.32 Å². The number of anilines is 1. The van der Waals surface area contributed by atoms with Crippen molar-refractivity contribution >= 4 is 39.1 Å². The third-order valence-electron chi connectivity index (χ3n) is 7.10. The van der Waals surface area contributed by atoms with Crippen LogP contribution < -0.4 is 5.32 Å². The molecule has 1 atom stereocenters. The van der Waals surface area contributed by atoms with E-state index in [4.69, 9.17) is 4.98 Å². The van der Waals surface area contributed by atoms with Crippen LogP contribution in [0.15, 0.2) is 59.9 Å². The van der Waals surface area contributed by atoms with Crippen LogP contribution in [0.25, 0.3) is 55.8 Å². The summed E-state index contributed by atoms with van der Waals surface area (Å²) >= 11 is 1.64. The Morgan fingerprint density at radius 2 is 1.86 bits per heavy atom. The van der Waals surface area contributed by atoms with Crippen LogP contribution in [0.5, 0.6) is 0 Å². The Morgan fingerprint density at radius 3 is 2.73 bits per heavy atom. The zero-order chi connectivity index (χ0) is 24.8. The minimum atomic E-state index is -0.567. The van der Waals surface area contributed by atoms with E-state index in [1.165, 1.54) is 12.8 Å². The van der Waals surface area contributed by atoms with Gasteiger partial charge in [-0.3, -0.25) is 15.1 Å². The molecule has 0 amide bonds. The summed E-state index contributed by atoms with van der Waals surface area (Å²) in [5.74, 6) is 0.937. The van der Waals surface area contributed by atoms with E-state index < -0.39 is 6.23 Å². The molecule has 6 aromatic rings. The number of hydrogen-bond donors (Lipinski definition) is 4. The summed E-state index contributed by atoms with van der Waals surface area (Å²) in [6.45, 7) is 0. The number of thiophene rings is 1. The maximum Gasteiger partial charge on any atom is 0.159 e. The lowest BCUT2D eigenvalue weighted by molar-refractivity contribution is 0.137. The van der Waals surface area contributed by atoms with Gasteiger partial charge in [0.1, 0.15) is 17.4 Å². The Kier molecular flexibility index (Phi) is 5.40. The van der Waals surface area contributed by atoms with Gasteiger partial charge in [0.25, 0.3) is 0 Å². The second-order valence-corrected chi connectivity index (χ2v) is 10.2. The number of aliphatic hydroxyl groups excluding tert-OH is 1. The number of aromatic amines is 2. The molecule has 0 spiro atoms. The molecule has 184 valence electrons. The van der Waals surface area contributed by atoms with Crippen molar-refractivity contribution in [1.29, 1.82) is 0 Å². The number of aromatic nitrogens is 7. The highest BCUT2D eigenvalue weighted by Crippen LogP contribution is 2.33. The molecule has 4 N–H and O–H groups in total. The fourth-order valence-corrected chi connectivity index (χ4v) is 5.81. The summed E-state index contributed by atoms with van der Waals surface area (Å²) in [7, 11) is 0. The van der Waals surface area contributed by atoms with Crippen LogP contribution in [0.2, 0.25) is 0 Å². The monoisotopic (exact) mass is 508 g/mol. The molecule has 6 aromatic heterocycles. The van der Waals surface area contributed by atoms with Crippen molar-refractivity contribution < 1.29 is 5.11 Å². The van der Waals surface area contributed by atoms with Gasteiger partial charge in [0.2, 0.25) is 0 Å². The van der Waals surface area contributed by atoms with Crippen molar-refractivity contribution in [3.8, 4) is 33.8 Å². The van der Waals surface area contributed by atoms with Crippen molar-refractivity contribution in [2.45, 2.75) is 31.9 Å². The molecule has 7 rings (SSSR count). The van der Waals surface area contributed by atoms with Gasteiger partial charge in [-0.05, 0) is 47.4 Å². The molecule has 1 aliphatic rings. The van der Waals surface area contributed by atoms with E-state index in [2.05, 4.69) is 46.9 Å². The minimum absolute atomic E-state index is 0.287. The molecule has 10 heteroatoms. The van der Waals surface area contributed by atoms with Gasteiger partial charge in [0.05, 0.1) is 29.0 Å². The lowest BCUT2D eigenvalue weighted by Crippen LogP contribution is -2.26. The molecule has 1 aliphatic carbocycles. The van der Waals surface area contributed by atoms with Gasteiger partial charge in [-0.2, -0.15) is 16.4 Å². The highest BCUT2D eigenvalue weighted by atomic mass is 32.1. The normalized spacial score (nSPS) is 15.1. The van der Waals surface area contributed by atoms with E-state index in [0.29, 0.717) is 17.2 Å². The van der Waals surface area contributed by atoms with Crippen molar-refractivity contribution in [3.63, 3.8) is 0 Å². The number of nitrogens with zero attached hydrogens (tertiary/aromatic N) is 5. The molecular weight excluding hydrogens is 484 g/mol. The number of pyridine rings is 3. The summed E-state index contributed by atoms with van der Waals surface area (Å²) in [5.41, 5.74) is 7.73. The summed E-state index contributed by atoms with van der Waals surface area (Å²) < 4.78 is 0. The average Bonchev–Trinajstić information content (AvgIpc) is 3.74. The molecule has 37 heavy (non-hydrogen) atoms. The Morgan fingerprint density at radius 1 is 1.00 bits per heavy atom. The smallest absolute Gasteiger partial charge is 0.159 e. The van der Waals surface area contributed by atoms with Gasteiger partial charge < -0.3 is 15.4 Å². The van der Waals surface area contributed by atoms with E-state index in [-0.39, 0.29) is 5.92 Å². The number of rotatable bonds is 6. The average molecular weight is 509 g/mol. The molecule has 0 aromatic carbocycles. The summed E-state index contributed by atoms with van der Waals surface area (Å²) in [6.07, 6.45) is 12.9. The maximum absolute atomic E-state index is 10.6. The van der Waals surface area contributed by atoms with Crippen molar-refractivity contribution in [3.05, 3.63) is 59.9 Å². The molecular formula is C27H24N8OS. The SMILES string of the molecule is OC(Nc1cncc(-c2cnc3[nH]nc(-c4nc5c(-c6ccsc6)cncc5[nH]4)c3c2)c1)C1CCCC1. The van der Waals surface area contributed by atoms with Gasteiger partial charge >= 0.3 is 0 Å². The number of H-pyrrole nitrogens is 2. The third kappa shape index (κ3) is 4.04. The first-order chi connectivity index (χ1) is 18.2. The standard InChI is InChI=1S/C27H24N8OS/c36-27(15-3-1-2-4-15)31-19-7-17(9-28-11-19)18-8-20-24(34-35-25(20)30-10-18)26-32-22-13-29-12-21(23(22)33-26)16-5-6-37-14-16/h5-15,27,31,36H,1-4H2,(H,32,33)(H,30,34,35). The van der Waals surface area contributed by atoms with Crippen molar-refractivity contribution in [2.24, 2.45) is 5.92 Å². The molecule has 6 heterocycles.